The van der Waals surface area contributed by atoms with E-state index in [-0.39, 0.29) is 4.90 Å². The lowest BCUT2D eigenvalue weighted by atomic mass is 10.1. The van der Waals surface area contributed by atoms with Gasteiger partial charge in [-0.25, -0.2) is 8.42 Å². The van der Waals surface area contributed by atoms with Crippen molar-refractivity contribution in [3.8, 4) is 11.3 Å². The molecule has 0 radical (unpaired) electrons. The van der Waals surface area contributed by atoms with Crippen LogP contribution in [0.5, 0.6) is 0 Å². The van der Waals surface area contributed by atoms with Crippen molar-refractivity contribution < 1.29 is 8.42 Å². The van der Waals surface area contributed by atoms with Crippen LogP contribution in [0.4, 0.5) is 11.5 Å². The van der Waals surface area contributed by atoms with Crippen LogP contribution < -0.4 is 9.62 Å². The summed E-state index contributed by atoms with van der Waals surface area (Å²) < 4.78 is 28.1. The van der Waals surface area contributed by atoms with Crippen molar-refractivity contribution in [2.75, 3.05) is 42.8 Å². The SMILES string of the molecule is CCc1ccc(S(=O)(=O)Nc2cccc(-c3ccc(N4CCN(C)CC4)nn3)c2)cc1. The standard InChI is InChI=1S/C23H27N5O2S/c1-3-18-7-9-21(10-8-18)31(29,30)26-20-6-4-5-19(17-20)22-11-12-23(25-24-22)28-15-13-27(2)14-16-28/h4-12,17,26H,3,13-16H2,1-2H3. The fraction of sp³-hybridized carbons (Fsp3) is 0.304. The van der Waals surface area contributed by atoms with E-state index in [4.69, 9.17) is 0 Å². The Bertz CT molecular complexity index is 1120. The highest BCUT2D eigenvalue weighted by Crippen LogP contribution is 2.24. The van der Waals surface area contributed by atoms with Gasteiger partial charge in [0.05, 0.1) is 10.6 Å². The molecule has 31 heavy (non-hydrogen) atoms. The summed E-state index contributed by atoms with van der Waals surface area (Å²) in [6.45, 7) is 5.91. The number of aryl methyl sites for hydroxylation is 1. The summed E-state index contributed by atoms with van der Waals surface area (Å²) in [5, 5.41) is 8.77. The second-order valence-electron chi connectivity index (χ2n) is 7.75. The number of rotatable bonds is 6. The minimum Gasteiger partial charge on any atom is -0.353 e. The molecule has 1 aromatic heterocycles. The Kier molecular flexibility index (Phi) is 6.20. The van der Waals surface area contributed by atoms with Crippen LogP contribution in [-0.2, 0) is 16.4 Å². The Morgan fingerprint density at radius 2 is 1.68 bits per heavy atom. The topological polar surface area (TPSA) is 78.4 Å². The molecule has 1 aliphatic heterocycles. The van der Waals surface area contributed by atoms with Crippen LogP contribution >= 0.6 is 0 Å². The molecule has 0 unspecified atom stereocenters. The van der Waals surface area contributed by atoms with Gasteiger partial charge in [0.2, 0.25) is 0 Å². The smallest absolute Gasteiger partial charge is 0.261 e. The van der Waals surface area contributed by atoms with Crippen LogP contribution in [0.3, 0.4) is 0 Å². The van der Waals surface area contributed by atoms with E-state index in [1.807, 2.05) is 43.3 Å². The van der Waals surface area contributed by atoms with Crippen LogP contribution in [0.1, 0.15) is 12.5 Å². The second-order valence-corrected chi connectivity index (χ2v) is 9.43. The number of nitrogens with one attached hydrogen (secondary N) is 1. The van der Waals surface area contributed by atoms with Gasteiger partial charge in [0, 0.05) is 37.4 Å². The van der Waals surface area contributed by atoms with Gasteiger partial charge in [-0.05, 0) is 55.4 Å². The molecule has 4 rings (SSSR count). The van der Waals surface area contributed by atoms with Gasteiger partial charge >= 0.3 is 0 Å². The lowest BCUT2D eigenvalue weighted by Crippen LogP contribution is -2.44. The molecule has 0 amide bonds. The first kappa shape index (κ1) is 21.3. The van der Waals surface area contributed by atoms with E-state index in [0.29, 0.717) is 11.4 Å². The average Bonchev–Trinajstić information content (AvgIpc) is 2.80. The summed E-state index contributed by atoms with van der Waals surface area (Å²) in [5.41, 5.74) is 3.09. The number of likely N-dealkylation sites (N-methyl/N-ethyl adjacent to an activating group) is 1. The molecule has 0 atom stereocenters. The minimum atomic E-state index is -3.66. The number of hydrogen-bond donors (Lipinski definition) is 1. The zero-order valence-electron chi connectivity index (χ0n) is 17.8. The number of piperazine rings is 1. The highest BCUT2D eigenvalue weighted by Gasteiger charge is 2.17. The monoisotopic (exact) mass is 437 g/mol. The molecule has 162 valence electrons. The maximum absolute atomic E-state index is 12.7. The maximum atomic E-state index is 12.7. The maximum Gasteiger partial charge on any atom is 0.261 e. The fourth-order valence-corrected chi connectivity index (χ4v) is 4.59. The lowest BCUT2D eigenvalue weighted by Gasteiger charge is -2.32. The van der Waals surface area contributed by atoms with Crippen LogP contribution in [0, 0.1) is 0 Å². The molecule has 2 heterocycles. The summed E-state index contributed by atoms with van der Waals surface area (Å²) in [6, 6.07) is 18.0. The molecular weight excluding hydrogens is 410 g/mol. The minimum absolute atomic E-state index is 0.242. The molecule has 0 bridgehead atoms. The van der Waals surface area contributed by atoms with E-state index < -0.39 is 10.0 Å². The van der Waals surface area contributed by atoms with Gasteiger partial charge in [0.25, 0.3) is 10.0 Å². The average molecular weight is 438 g/mol. The van der Waals surface area contributed by atoms with Crippen molar-refractivity contribution in [3.05, 3.63) is 66.2 Å². The Balaban J connectivity index is 1.50. The molecule has 3 aromatic rings. The number of aromatic nitrogens is 2. The fourth-order valence-electron chi connectivity index (χ4n) is 3.54. The van der Waals surface area contributed by atoms with Gasteiger partial charge in [-0.3, -0.25) is 4.72 Å². The Morgan fingerprint density at radius 3 is 2.32 bits per heavy atom. The zero-order chi connectivity index (χ0) is 21.8. The third-order valence-electron chi connectivity index (χ3n) is 5.53. The zero-order valence-corrected chi connectivity index (χ0v) is 18.6. The number of benzene rings is 2. The lowest BCUT2D eigenvalue weighted by molar-refractivity contribution is 0.312. The molecule has 1 fully saturated rings. The van der Waals surface area contributed by atoms with Crippen LogP contribution in [0.25, 0.3) is 11.3 Å². The van der Waals surface area contributed by atoms with E-state index >= 15 is 0 Å². The van der Waals surface area contributed by atoms with E-state index in [2.05, 4.69) is 31.8 Å². The number of anilines is 2. The van der Waals surface area contributed by atoms with E-state index in [9.17, 15) is 8.42 Å². The predicted molar refractivity (Wildman–Crippen MR) is 124 cm³/mol. The quantitative estimate of drug-likeness (QED) is 0.638. The van der Waals surface area contributed by atoms with Gasteiger partial charge in [0.1, 0.15) is 0 Å². The van der Waals surface area contributed by atoms with Crippen LogP contribution in [-0.4, -0.2) is 56.7 Å². The predicted octanol–water partition coefficient (Wildman–Crippen LogP) is 3.26. The molecule has 1 saturated heterocycles. The Labute approximate surface area is 183 Å². The van der Waals surface area contributed by atoms with E-state index in [1.165, 1.54) is 0 Å². The molecule has 0 aliphatic carbocycles. The number of nitrogens with zero attached hydrogens (tertiary/aromatic N) is 4. The molecule has 2 aromatic carbocycles. The van der Waals surface area contributed by atoms with Crippen molar-refractivity contribution in [3.63, 3.8) is 0 Å². The summed E-state index contributed by atoms with van der Waals surface area (Å²) >= 11 is 0. The molecule has 0 spiro atoms. The summed E-state index contributed by atoms with van der Waals surface area (Å²) in [6.07, 6.45) is 0.866. The van der Waals surface area contributed by atoms with Crippen LogP contribution in [0.15, 0.2) is 65.6 Å². The van der Waals surface area contributed by atoms with Gasteiger partial charge in [-0.1, -0.05) is 31.2 Å². The molecular formula is C23H27N5O2S. The van der Waals surface area contributed by atoms with E-state index in [1.54, 1.807) is 24.3 Å². The molecule has 1 N–H and O–H groups in total. The van der Waals surface area contributed by atoms with Gasteiger partial charge < -0.3 is 9.80 Å². The highest BCUT2D eigenvalue weighted by molar-refractivity contribution is 7.92. The first-order valence-corrected chi connectivity index (χ1v) is 11.9. The molecule has 0 saturated carbocycles. The normalized spacial score (nSPS) is 15.1. The third-order valence-corrected chi connectivity index (χ3v) is 6.93. The number of hydrogen-bond acceptors (Lipinski definition) is 6. The molecule has 1 aliphatic rings. The summed E-state index contributed by atoms with van der Waals surface area (Å²) in [5.74, 6) is 0.865. The Hall–Kier alpha value is -2.97. The van der Waals surface area contributed by atoms with Gasteiger partial charge in [0.15, 0.2) is 5.82 Å². The van der Waals surface area contributed by atoms with Crippen molar-refractivity contribution in [2.24, 2.45) is 0 Å². The highest BCUT2D eigenvalue weighted by atomic mass is 32.2. The van der Waals surface area contributed by atoms with E-state index in [0.717, 1.165) is 49.5 Å². The van der Waals surface area contributed by atoms with Crippen molar-refractivity contribution in [1.82, 2.24) is 15.1 Å². The van der Waals surface area contributed by atoms with Crippen molar-refractivity contribution in [2.45, 2.75) is 18.2 Å². The number of sulfonamides is 1. The second kappa shape index (κ2) is 9.03. The third kappa shape index (κ3) is 5.03. The van der Waals surface area contributed by atoms with Crippen LogP contribution in [0.2, 0.25) is 0 Å². The van der Waals surface area contributed by atoms with Gasteiger partial charge in [-0.2, -0.15) is 0 Å². The first-order valence-electron chi connectivity index (χ1n) is 10.4. The van der Waals surface area contributed by atoms with Crippen molar-refractivity contribution in [1.29, 1.82) is 0 Å². The summed E-state index contributed by atoms with van der Waals surface area (Å²) in [4.78, 5) is 4.76. The first-order chi connectivity index (χ1) is 14.9. The van der Waals surface area contributed by atoms with Gasteiger partial charge in [-0.15, -0.1) is 10.2 Å². The largest absolute Gasteiger partial charge is 0.353 e. The summed E-state index contributed by atoms with van der Waals surface area (Å²) in [7, 11) is -1.54. The van der Waals surface area contributed by atoms with Crippen molar-refractivity contribution >= 4 is 21.5 Å². The Morgan fingerprint density at radius 1 is 0.935 bits per heavy atom. The molecule has 8 heteroatoms. The molecule has 7 nitrogen and oxygen atoms in total.